The summed E-state index contributed by atoms with van der Waals surface area (Å²) in [7, 11) is 1.59. The number of aryl methyl sites for hydroxylation is 2. The van der Waals surface area contributed by atoms with E-state index in [0.717, 1.165) is 16.7 Å². The Morgan fingerprint density at radius 1 is 1.17 bits per heavy atom. The summed E-state index contributed by atoms with van der Waals surface area (Å²) in [5.74, 6) is 1.50. The highest BCUT2D eigenvalue weighted by Crippen LogP contribution is 2.46. The largest absolute Gasteiger partial charge is 0.507 e. The van der Waals surface area contributed by atoms with Crippen LogP contribution in [0.15, 0.2) is 30.3 Å². The predicted molar refractivity (Wildman–Crippen MR) is 133 cm³/mol. The Bertz CT molecular complexity index is 1210. The summed E-state index contributed by atoms with van der Waals surface area (Å²) in [6.07, 6.45) is 0.441. The van der Waals surface area contributed by atoms with Crippen LogP contribution >= 0.6 is 0 Å². The van der Waals surface area contributed by atoms with Crippen molar-refractivity contribution >= 4 is 5.91 Å². The second-order valence-electron chi connectivity index (χ2n) is 9.43. The van der Waals surface area contributed by atoms with Gasteiger partial charge in [-0.3, -0.25) is 9.89 Å². The lowest BCUT2D eigenvalue weighted by atomic mass is 9.93. The van der Waals surface area contributed by atoms with Gasteiger partial charge in [0.2, 0.25) is 0 Å². The average Bonchev–Trinajstić information content (AvgIpc) is 3.34. The fourth-order valence-corrected chi connectivity index (χ4v) is 4.69. The van der Waals surface area contributed by atoms with Gasteiger partial charge < -0.3 is 24.6 Å². The molecule has 0 radical (unpaired) electrons. The van der Waals surface area contributed by atoms with Gasteiger partial charge in [0.15, 0.2) is 11.5 Å². The van der Waals surface area contributed by atoms with Crippen LogP contribution in [0.5, 0.6) is 17.2 Å². The molecular formula is C27H33N3O5. The number of carbonyl (C=O) groups is 1. The number of H-pyrrole nitrogens is 1. The molecule has 2 aromatic carbocycles. The zero-order valence-electron chi connectivity index (χ0n) is 20.9. The third-order valence-electron chi connectivity index (χ3n) is 6.19. The predicted octanol–water partition coefficient (Wildman–Crippen LogP) is 4.37. The molecule has 2 heterocycles. The first-order chi connectivity index (χ1) is 16.8. The number of aliphatic hydroxyl groups is 1. The second-order valence-corrected chi connectivity index (χ2v) is 9.43. The molecule has 1 aliphatic heterocycles. The monoisotopic (exact) mass is 479 g/mol. The lowest BCUT2D eigenvalue weighted by Crippen LogP contribution is -2.31. The first-order valence-electron chi connectivity index (χ1n) is 11.9. The van der Waals surface area contributed by atoms with E-state index in [-0.39, 0.29) is 18.3 Å². The molecule has 0 spiro atoms. The van der Waals surface area contributed by atoms with Crippen molar-refractivity contribution in [2.75, 3.05) is 26.9 Å². The van der Waals surface area contributed by atoms with Crippen molar-refractivity contribution < 1.29 is 24.5 Å². The van der Waals surface area contributed by atoms with Crippen LogP contribution in [0.25, 0.3) is 11.3 Å². The van der Waals surface area contributed by atoms with Gasteiger partial charge in [-0.25, -0.2) is 0 Å². The number of ether oxygens (including phenoxy) is 2. The minimum atomic E-state index is -0.467. The SMILES string of the molecule is COc1cc(C2c3c(-c4c(C)cc(C)cc4O)n[nH]c3C(=O)N2CCCO)ccc1OCC(C)C. The number of aromatic hydroxyl groups is 1. The number of aliphatic hydroxyl groups excluding tert-OH is 1. The van der Waals surface area contributed by atoms with Crippen molar-refractivity contribution in [3.05, 3.63) is 58.3 Å². The van der Waals surface area contributed by atoms with Gasteiger partial charge in [-0.1, -0.05) is 26.0 Å². The Labute approximate surface area is 205 Å². The normalized spacial score (nSPS) is 15.1. The summed E-state index contributed by atoms with van der Waals surface area (Å²) in [6.45, 7) is 8.89. The molecule has 4 rings (SSSR count). The van der Waals surface area contributed by atoms with Crippen LogP contribution in [0.3, 0.4) is 0 Å². The van der Waals surface area contributed by atoms with Gasteiger partial charge in [-0.15, -0.1) is 0 Å². The number of hydrogen-bond donors (Lipinski definition) is 3. The summed E-state index contributed by atoms with van der Waals surface area (Å²) in [5, 5.41) is 27.7. The number of hydrogen-bond acceptors (Lipinski definition) is 6. The minimum Gasteiger partial charge on any atom is -0.507 e. The van der Waals surface area contributed by atoms with E-state index in [4.69, 9.17) is 9.47 Å². The fraction of sp³-hybridized carbons (Fsp3) is 0.407. The number of phenols is 1. The summed E-state index contributed by atoms with van der Waals surface area (Å²) >= 11 is 0. The number of amides is 1. The number of phenolic OH excluding ortho intramolecular Hbond substituents is 1. The van der Waals surface area contributed by atoms with E-state index in [1.165, 1.54) is 0 Å². The second kappa shape index (κ2) is 10.00. The van der Waals surface area contributed by atoms with E-state index in [2.05, 4.69) is 24.0 Å². The molecule has 35 heavy (non-hydrogen) atoms. The van der Waals surface area contributed by atoms with Crippen molar-refractivity contribution in [3.63, 3.8) is 0 Å². The number of methoxy groups -OCH3 is 1. The van der Waals surface area contributed by atoms with Crippen molar-refractivity contribution in [1.29, 1.82) is 0 Å². The molecule has 0 bridgehead atoms. The lowest BCUT2D eigenvalue weighted by Gasteiger charge is -2.27. The number of aromatic amines is 1. The number of nitrogens with one attached hydrogen (secondary N) is 1. The van der Waals surface area contributed by atoms with Crippen LogP contribution in [0.4, 0.5) is 0 Å². The standard InChI is InChI=1S/C27H33N3O5/c1-15(2)14-35-20-8-7-18(13-21(20)34-5)26-23-24(22-17(4)11-16(3)12-19(22)32)28-29-25(23)27(33)30(26)9-6-10-31/h7-8,11-13,15,26,31-32H,6,9-10,14H2,1-5H3,(H,28,29). The minimum absolute atomic E-state index is 0.0291. The number of rotatable bonds is 9. The molecule has 1 unspecified atom stereocenters. The molecule has 0 saturated carbocycles. The van der Waals surface area contributed by atoms with Gasteiger partial charge in [0, 0.05) is 24.3 Å². The molecule has 186 valence electrons. The van der Waals surface area contributed by atoms with Gasteiger partial charge in [-0.2, -0.15) is 5.10 Å². The number of aromatic nitrogens is 2. The molecule has 8 nitrogen and oxygen atoms in total. The topological polar surface area (TPSA) is 108 Å². The van der Waals surface area contributed by atoms with Crippen molar-refractivity contribution in [2.45, 2.75) is 40.2 Å². The van der Waals surface area contributed by atoms with Crippen LogP contribution < -0.4 is 9.47 Å². The first kappa shape index (κ1) is 24.6. The van der Waals surface area contributed by atoms with Gasteiger partial charge in [0.25, 0.3) is 5.91 Å². The molecule has 8 heteroatoms. The average molecular weight is 480 g/mol. The van der Waals surface area contributed by atoms with Gasteiger partial charge in [0.1, 0.15) is 17.1 Å². The Hall–Kier alpha value is -3.52. The molecule has 3 aromatic rings. The maximum Gasteiger partial charge on any atom is 0.273 e. The van der Waals surface area contributed by atoms with E-state index in [9.17, 15) is 15.0 Å². The van der Waals surface area contributed by atoms with E-state index in [1.807, 2.05) is 38.1 Å². The molecule has 0 saturated heterocycles. The van der Waals surface area contributed by atoms with E-state index < -0.39 is 6.04 Å². The molecule has 1 aromatic heterocycles. The number of benzene rings is 2. The Morgan fingerprint density at radius 3 is 2.60 bits per heavy atom. The molecule has 0 fully saturated rings. The smallest absolute Gasteiger partial charge is 0.273 e. The quantitative estimate of drug-likeness (QED) is 0.421. The highest BCUT2D eigenvalue weighted by molar-refractivity contribution is 6.00. The van der Waals surface area contributed by atoms with Crippen molar-refractivity contribution in [2.24, 2.45) is 5.92 Å². The third kappa shape index (κ3) is 4.58. The summed E-state index contributed by atoms with van der Waals surface area (Å²) in [6, 6.07) is 8.88. The molecule has 1 aliphatic rings. The highest BCUT2D eigenvalue weighted by atomic mass is 16.5. The van der Waals surface area contributed by atoms with Crippen LogP contribution in [0.2, 0.25) is 0 Å². The van der Waals surface area contributed by atoms with E-state index in [1.54, 1.807) is 18.1 Å². The summed E-state index contributed by atoms with van der Waals surface area (Å²) < 4.78 is 11.5. The highest BCUT2D eigenvalue weighted by Gasteiger charge is 2.42. The zero-order valence-corrected chi connectivity index (χ0v) is 20.9. The van der Waals surface area contributed by atoms with Gasteiger partial charge in [-0.05, 0) is 61.1 Å². The van der Waals surface area contributed by atoms with Crippen LogP contribution in [0.1, 0.15) is 59.1 Å². The Morgan fingerprint density at radius 2 is 1.94 bits per heavy atom. The maximum absolute atomic E-state index is 13.4. The van der Waals surface area contributed by atoms with Crippen molar-refractivity contribution in [1.82, 2.24) is 15.1 Å². The molecule has 0 aliphatic carbocycles. The van der Waals surface area contributed by atoms with Crippen LogP contribution in [-0.4, -0.2) is 58.1 Å². The Kier molecular flexibility index (Phi) is 7.03. The van der Waals surface area contributed by atoms with Gasteiger partial charge >= 0.3 is 0 Å². The van der Waals surface area contributed by atoms with E-state index in [0.29, 0.717) is 59.5 Å². The maximum atomic E-state index is 13.4. The molecular weight excluding hydrogens is 446 g/mol. The van der Waals surface area contributed by atoms with Gasteiger partial charge in [0.05, 0.1) is 19.8 Å². The summed E-state index contributed by atoms with van der Waals surface area (Å²) in [5.41, 5.74) is 4.87. The summed E-state index contributed by atoms with van der Waals surface area (Å²) in [4.78, 5) is 15.1. The number of carbonyl (C=O) groups excluding carboxylic acids is 1. The molecule has 1 amide bonds. The first-order valence-corrected chi connectivity index (χ1v) is 11.9. The third-order valence-corrected chi connectivity index (χ3v) is 6.19. The Balaban J connectivity index is 1.85. The fourth-order valence-electron chi connectivity index (χ4n) is 4.69. The van der Waals surface area contributed by atoms with Crippen molar-refractivity contribution in [3.8, 4) is 28.5 Å². The van der Waals surface area contributed by atoms with Crippen LogP contribution in [-0.2, 0) is 0 Å². The zero-order chi connectivity index (χ0) is 25.3. The lowest BCUT2D eigenvalue weighted by molar-refractivity contribution is 0.0732. The van der Waals surface area contributed by atoms with E-state index >= 15 is 0 Å². The number of nitrogens with zero attached hydrogens (tertiary/aromatic N) is 2. The number of fused-ring (bicyclic) bond motifs is 1. The van der Waals surface area contributed by atoms with Crippen LogP contribution in [0, 0.1) is 19.8 Å². The molecule has 3 N–H and O–H groups in total. The molecule has 1 atom stereocenters.